The zero-order valence-electron chi connectivity index (χ0n) is 15.0. The van der Waals surface area contributed by atoms with Crippen LogP contribution in [0.3, 0.4) is 0 Å². The summed E-state index contributed by atoms with van der Waals surface area (Å²) in [5.41, 5.74) is 12.5. The van der Waals surface area contributed by atoms with Crippen LogP contribution in [0.5, 0.6) is 0 Å². The molecular weight excluding hydrogens is 374 g/mol. The second kappa shape index (κ2) is 9.11. The number of nitrogens with one attached hydrogen (secondary N) is 2. The van der Waals surface area contributed by atoms with Gasteiger partial charge in [0.15, 0.2) is 0 Å². The number of rotatable bonds is 9. The Morgan fingerprint density at radius 2 is 2.15 bits per heavy atom. The molecule has 142 valence electrons. The molecule has 2 atom stereocenters. The summed E-state index contributed by atoms with van der Waals surface area (Å²) in [7, 11) is 0. The maximum atomic E-state index is 11.7. The largest absolute Gasteiger partial charge is 0.365 e. The first kappa shape index (κ1) is 20.3. The van der Waals surface area contributed by atoms with Crippen LogP contribution in [0.15, 0.2) is 6.20 Å². The second-order valence-electron chi connectivity index (χ2n) is 5.97. The molecule has 0 aliphatic carbocycles. The van der Waals surface area contributed by atoms with Crippen LogP contribution >= 0.6 is 23.1 Å². The molecule has 2 rings (SSSR count). The van der Waals surface area contributed by atoms with Crippen molar-refractivity contribution in [1.29, 1.82) is 0 Å². The average molecular weight is 398 g/mol. The highest BCUT2D eigenvalue weighted by atomic mass is 35.5. The van der Waals surface area contributed by atoms with E-state index in [4.69, 9.17) is 23.1 Å². The maximum absolute atomic E-state index is 11.7. The van der Waals surface area contributed by atoms with Gasteiger partial charge in [-0.2, -0.15) is 9.36 Å². The third-order valence-electron chi connectivity index (χ3n) is 3.98. The lowest BCUT2D eigenvalue weighted by Gasteiger charge is -2.24. The number of hydrogen-bond donors (Lipinski definition) is 4. The molecule has 10 heteroatoms. The van der Waals surface area contributed by atoms with Crippen LogP contribution in [-0.2, 0) is 0 Å². The summed E-state index contributed by atoms with van der Waals surface area (Å²) in [6.07, 6.45) is 4.09. The van der Waals surface area contributed by atoms with E-state index in [0.717, 1.165) is 19.3 Å². The molecule has 2 aromatic rings. The average Bonchev–Trinajstić information content (AvgIpc) is 2.92. The Morgan fingerprint density at radius 1 is 1.42 bits per heavy atom. The molecule has 1 amide bonds. The molecule has 0 aromatic carbocycles. The summed E-state index contributed by atoms with van der Waals surface area (Å²) in [6, 6.07) is 0.0101. The molecule has 8 nitrogen and oxygen atoms in total. The first-order valence-corrected chi connectivity index (χ1v) is 9.60. The number of carbonyl (C=O) groups excluding carboxylic acids is 1. The summed E-state index contributed by atoms with van der Waals surface area (Å²) < 4.78 is 4.17. The van der Waals surface area contributed by atoms with Crippen molar-refractivity contribution in [2.75, 3.05) is 10.6 Å². The van der Waals surface area contributed by atoms with Crippen molar-refractivity contribution >= 4 is 45.8 Å². The lowest BCUT2D eigenvalue weighted by molar-refractivity contribution is 0.100. The molecule has 6 N–H and O–H groups in total. The Labute approximate surface area is 161 Å². The lowest BCUT2D eigenvalue weighted by Crippen LogP contribution is -2.40. The number of nitrogens with two attached hydrogens (primary N) is 2. The van der Waals surface area contributed by atoms with Gasteiger partial charge < -0.3 is 22.1 Å². The highest BCUT2D eigenvalue weighted by Crippen LogP contribution is 2.32. The smallest absolute Gasteiger partial charge is 0.254 e. The number of amides is 1. The van der Waals surface area contributed by atoms with E-state index in [1.54, 1.807) is 6.92 Å². The molecule has 0 aliphatic rings. The summed E-state index contributed by atoms with van der Waals surface area (Å²) in [4.78, 5) is 20.3. The Hall–Kier alpha value is -1.97. The molecule has 2 unspecified atom stereocenters. The van der Waals surface area contributed by atoms with Gasteiger partial charge in [-0.15, -0.1) is 0 Å². The van der Waals surface area contributed by atoms with E-state index in [-0.39, 0.29) is 23.5 Å². The first-order valence-electron chi connectivity index (χ1n) is 8.45. The molecule has 0 spiro atoms. The molecular formula is C16H24ClN7OS. The molecule has 0 aliphatic heterocycles. The van der Waals surface area contributed by atoms with E-state index in [0.29, 0.717) is 21.7 Å². The fourth-order valence-corrected chi connectivity index (χ4v) is 3.36. The van der Waals surface area contributed by atoms with Crippen molar-refractivity contribution in [3.63, 3.8) is 0 Å². The van der Waals surface area contributed by atoms with Gasteiger partial charge in [0.2, 0.25) is 5.95 Å². The Bertz CT molecular complexity index is 767. The summed E-state index contributed by atoms with van der Waals surface area (Å²) in [5, 5.41) is 7.36. The molecule has 0 saturated heterocycles. The van der Waals surface area contributed by atoms with E-state index in [1.165, 1.54) is 17.7 Å². The third kappa shape index (κ3) is 4.80. The number of primary amides is 1. The lowest BCUT2D eigenvalue weighted by atomic mass is 10.0. The van der Waals surface area contributed by atoms with Gasteiger partial charge in [-0.3, -0.25) is 4.79 Å². The van der Waals surface area contributed by atoms with Crippen LogP contribution in [0.4, 0.5) is 16.8 Å². The molecule has 0 bridgehead atoms. The first-order chi connectivity index (χ1) is 12.4. The van der Waals surface area contributed by atoms with E-state index >= 15 is 0 Å². The number of aryl methyl sites for hydroxylation is 1. The summed E-state index contributed by atoms with van der Waals surface area (Å²) in [5.74, 6) is 0.0184. The number of nitrogens with zero attached hydrogens (tertiary/aromatic N) is 3. The van der Waals surface area contributed by atoms with E-state index in [9.17, 15) is 4.79 Å². The van der Waals surface area contributed by atoms with E-state index in [1.807, 2.05) is 6.92 Å². The summed E-state index contributed by atoms with van der Waals surface area (Å²) in [6.45, 7) is 5.93. The Kier molecular flexibility index (Phi) is 7.13. The fourth-order valence-electron chi connectivity index (χ4n) is 2.43. The van der Waals surface area contributed by atoms with Crippen molar-refractivity contribution in [2.24, 2.45) is 11.5 Å². The molecule has 0 saturated carbocycles. The number of halogens is 1. The van der Waals surface area contributed by atoms with E-state index in [2.05, 4.69) is 31.9 Å². The zero-order chi connectivity index (χ0) is 19.3. The minimum Gasteiger partial charge on any atom is -0.365 e. The second-order valence-corrected chi connectivity index (χ2v) is 7.12. The SMILES string of the molecule is CCCC(Nc1ncc(C(N)=O)c(Nc2snc(C)c2Cl)n1)C(N)CC. The van der Waals surface area contributed by atoms with Gasteiger partial charge in [-0.05, 0) is 31.3 Å². The van der Waals surface area contributed by atoms with Gasteiger partial charge in [0, 0.05) is 18.3 Å². The van der Waals surface area contributed by atoms with Crippen molar-refractivity contribution in [1.82, 2.24) is 14.3 Å². The van der Waals surface area contributed by atoms with E-state index < -0.39 is 5.91 Å². The van der Waals surface area contributed by atoms with Gasteiger partial charge in [0.05, 0.1) is 10.7 Å². The third-order valence-corrected chi connectivity index (χ3v) is 5.41. The van der Waals surface area contributed by atoms with Gasteiger partial charge in [0.1, 0.15) is 16.4 Å². The van der Waals surface area contributed by atoms with Gasteiger partial charge >= 0.3 is 0 Å². The predicted molar refractivity (Wildman–Crippen MR) is 106 cm³/mol. The van der Waals surface area contributed by atoms with Gasteiger partial charge in [-0.25, -0.2) is 4.98 Å². The number of hydrogen-bond acceptors (Lipinski definition) is 8. The molecule has 0 radical (unpaired) electrons. The molecule has 2 aromatic heterocycles. The highest BCUT2D eigenvalue weighted by molar-refractivity contribution is 7.11. The van der Waals surface area contributed by atoms with Gasteiger partial charge in [0.25, 0.3) is 5.91 Å². The number of anilines is 3. The monoisotopic (exact) mass is 397 g/mol. The van der Waals surface area contributed by atoms with Crippen LogP contribution in [0.25, 0.3) is 0 Å². The topological polar surface area (TPSA) is 132 Å². The van der Waals surface area contributed by atoms with Crippen LogP contribution in [0, 0.1) is 6.92 Å². The number of carbonyl (C=O) groups is 1. The van der Waals surface area contributed by atoms with Crippen molar-refractivity contribution in [3.8, 4) is 0 Å². The molecule has 26 heavy (non-hydrogen) atoms. The number of aromatic nitrogens is 3. The van der Waals surface area contributed by atoms with Crippen molar-refractivity contribution < 1.29 is 4.79 Å². The van der Waals surface area contributed by atoms with Crippen LogP contribution in [0.2, 0.25) is 5.02 Å². The predicted octanol–water partition coefficient (Wildman–Crippen LogP) is 3.06. The standard InChI is InChI=1S/C16H24ClN7OS/c1-4-6-11(10(18)5-2)21-16-20-7-9(13(19)25)14(23-16)22-15-12(17)8(3)24-26-15/h7,10-11H,4-6,18H2,1-3H3,(H2,19,25)(H2,20,21,22,23). The quantitative estimate of drug-likeness (QED) is 0.511. The fraction of sp³-hybridized carbons (Fsp3) is 0.500. The normalized spacial score (nSPS) is 13.3. The van der Waals surface area contributed by atoms with Crippen molar-refractivity contribution in [3.05, 3.63) is 22.5 Å². The Balaban J connectivity index is 2.32. The van der Waals surface area contributed by atoms with Crippen molar-refractivity contribution in [2.45, 2.75) is 52.1 Å². The molecule has 2 heterocycles. The van der Waals surface area contributed by atoms with Crippen LogP contribution in [-0.4, -0.2) is 32.3 Å². The zero-order valence-corrected chi connectivity index (χ0v) is 16.6. The molecule has 0 fully saturated rings. The minimum atomic E-state index is -0.633. The van der Waals surface area contributed by atoms with Crippen LogP contribution < -0.4 is 22.1 Å². The Morgan fingerprint density at radius 3 is 2.69 bits per heavy atom. The highest BCUT2D eigenvalue weighted by Gasteiger charge is 2.19. The summed E-state index contributed by atoms with van der Waals surface area (Å²) >= 11 is 7.39. The minimum absolute atomic E-state index is 0.0237. The maximum Gasteiger partial charge on any atom is 0.254 e. The van der Waals surface area contributed by atoms with Crippen LogP contribution in [0.1, 0.15) is 49.2 Å². The van der Waals surface area contributed by atoms with Gasteiger partial charge in [-0.1, -0.05) is 31.9 Å².